The van der Waals surface area contributed by atoms with E-state index in [4.69, 9.17) is 4.74 Å². The minimum Gasteiger partial charge on any atom is -0.378 e. The molecule has 2 nitrogen and oxygen atoms in total. The van der Waals surface area contributed by atoms with Gasteiger partial charge in [-0.05, 0) is 26.3 Å². The van der Waals surface area contributed by atoms with E-state index in [1.165, 1.54) is 38.5 Å². The van der Waals surface area contributed by atoms with Gasteiger partial charge in [0.15, 0.2) is 0 Å². The summed E-state index contributed by atoms with van der Waals surface area (Å²) in [5, 5.41) is 3.65. The molecule has 1 heterocycles. The van der Waals surface area contributed by atoms with Crippen LogP contribution in [0.1, 0.15) is 59.3 Å². The van der Waals surface area contributed by atoms with Crippen LogP contribution < -0.4 is 5.32 Å². The van der Waals surface area contributed by atoms with Crippen LogP contribution in [-0.2, 0) is 4.74 Å². The molecule has 0 aromatic heterocycles. The van der Waals surface area contributed by atoms with Gasteiger partial charge in [-0.1, -0.05) is 39.5 Å². The monoisotopic (exact) mass is 227 g/mol. The van der Waals surface area contributed by atoms with Gasteiger partial charge in [0.05, 0.1) is 6.10 Å². The second-order valence-corrected chi connectivity index (χ2v) is 5.04. The van der Waals surface area contributed by atoms with Gasteiger partial charge in [-0.25, -0.2) is 0 Å². The summed E-state index contributed by atoms with van der Waals surface area (Å²) in [6.45, 7) is 8.76. The van der Waals surface area contributed by atoms with Gasteiger partial charge < -0.3 is 10.1 Å². The number of hydrogen-bond acceptors (Lipinski definition) is 2. The van der Waals surface area contributed by atoms with E-state index in [1.807, 2.05) is 0 Å². The van der Waals surface area contributed by atoms with E-state index in [1.54, 1.807) is 0 Å². The second-order valence-electron chi connectivity index (χ2n) is 5.04. The smallest absolute Gasteiger partial charge is 0.0590 e. The molecular weight excluding hydrogens is 198 g/mol. The summed E-state index contributed by atoms with van der Waals surface area (Å²) in [4.78, 5) is 0. The molecule has 0 spiro atoms. The molecule has 0 aromatic carbocycles. The summed E-state index contributed by atoms with van der Waals surface area (Å²) in [7, 11) is 0. The summed E-state index contributed by atoms with van der Waals surface area (Å²) in [5.41, 5.74) is 0. The molecule has 1 rings (SSSR count). The number of hydrogen-bond donors (Lipinski definition) is 1. The Bertz CT molecular complexity index is 172. The SMILES string of the molecule is CCCCCCC(NCC)C1CCOC1C. The first-order chi connectivity index (χ1) is 7.79. The fraction of sp³-hybridized carbons (Fsp3) is 1.00. The predicted molar refractivity (Wildman–Crippen MR) is 69.7 cm³/mol. The molecule has 0 amide bonds. The molecule has 16 heavy (non-hydrogen) atoms. The Morgan fingerprint density at radius 1 is 1.25 bits per heavy atom. The lowest BCUT2D eigenvalue weighted by Gasteiger charge is -2.26. The molecule has 1 aliphatic heterocycles. The lowest BCUT2D eigenvalue weighted by atomic mass is 9.89. The van der Waals surface area contributed by atoms with Crippen molar-refractivity contribution < 1.29 is 4.74 Å². The van der Waals surface area contributed by atoms with Crippen molar-refractivity contribution in [3.8, 4) is 0 Å². The number of nitrogens with one attached hydrogen (secondary N) is 1. The molecule has 2 heteroatoms. The Morgan fingerprint density at radius 2 is 2.06 bits per heavy atom. The summed E-state index contributed by atoms with van der Waals surface area (Å²) in [6, 6.07) is 0.680. The molecule has 0 aromatic rings. The molecule has 3 atom stereocenters. The fourth-order valence-electron chi connectivity index (χ4n) is 2.80. The Morgan fingerprint density at radius 3 is 2.62 bits per heavy atom. The van der Waals surface area contributed by atoms with Gasteiger partial charge in [-0.15, -0.1) is 0 Å². The molecule has 0 bridgehead atoms. The third kappa shape index (κ3) is 4.42. The zero-order valence-corrected chi connectivity index (χ0v) is 11.3. The van der Waals surface area contributed by atoms with E-state index >= 15 is 0 Å². The molecule has 0 aliphatic carbocycles. The molecule has 1 aliphatic rings. The van der Waals surface area contributed by atoms with Crippen LogP contribution in [0.2, 0.25) is 0 Å². The molecule has 1 fully saturated rings. The van der Waals surface area contributed by atoms with E-state index in [9.17, 15) is 0 Å². The lowest BCUT2D eigenvalue weighted by molar-refractivity contribution is 0.0941. The standard InChI is InChI=1S/C14H29NO/c1-4-6-7-8-9-14(15-5-2)13-10-11-16-12(13)3/h12-15H,4-11H2,1-3H3. The van der Waals surface area contributed by atoms with E-state index in [0.717, 1.165) is 19.1 Å². The van der Waals surface area contributed by atoms with E-state index in [2.05, 4.69) is 26.1 Å². The van der Waals surface area contributed by atoms with Crippen molar-refractivity contribution in [1.82, 2.24) is 5.32 Å². The molecule has 3 unspecified atom stereocenters. The first-order valence-electron chi connectivity index (χ1n) is 7.14. The van der Waals surface area contributed by atoms with Crippen LogP contribution in [0.15, 0.2) is 0 Å². The number of unbranched alkanes of at least 4 members (excludes halogenated alkanes) is 3. The van der Waals surface area contributed by atoms with E-state index in [-0.39, 0.29) is 0 Å². The van der Waals surface area contributed by atoms with Crippen LogP contribution in [-0.4, -0.2) is 25.3 Å². The van der Waals surface area contributed by atoms with Crippen LogP contribution in [0.5, 0.6) is 0 Å². The van der Waals surface area contributed by atoms with Crippen LogP contribution in [0.3, 0.4) is 0 Å². The Balaban J connectivity index is 2.28. The van der Waals surface area contributed by atoms with Crippen molar-refractivity contribution in [3.63, 3.8) is 0 Å². The van der Waals surface area contributed by atoms with Crippen LogP contribution in [0.25, 0.3) is 0 Å². The first kappa shape index (κ1) is 14.0. The highest BCUT2D eigenvalue weighted by Crippen LogP contribution is 2.26. The van der Waals surface area contributed by atoms with Crippen LogP contribution in [0.4, 0.5) is 0 Å². The minimum atomic E-state index is 0.454. The average molecular weight is 227 g/mol. The zero-order valence-electron chi connectivity index (χ0n) is 11.3. The third-order valence-electron chi connectivity index (χ3n) is 3.79. The highest BCUT2D eigenvalue weighted by atomic mass is 16.5. The van der Waals surface area contributed by atoms with Crippen molar-refractivity contribution in [2.75, 3.05) is 13.2 Å². The maximum absolute atomic E-state index is 5.68. The largest absolute Gasteiger partial charge is 0.378 e. The second kappa shape index (κ2) is 8.08. The Labute approximate surface area is 101 Å². The highest BCUT2D eigenvalue weighted by Gasteiger charge is 2.30. The van der Waals surface area contributed by atoms with Crippen LogP contribution in [0, 0.1) is 5.92 Å². The Hall–Kier alpha value is -0.0800. The van der Waals surface area contributed by atoms with E-state index < -0.39 is 0 Å². The van der Waals surface area contributed by atoms with Crippen LogP contribution >= 0.6 is 0 Å². The predicted octanol–water partition coefficient (Wildman–Crippen LogP) is 3.36. The van der Waals surface area contributed by atoms with Gasteiger partial charge in [0.1, 0.15) is 0 Å². The average Bonchev–Trinajstić information content (AvgIpc) is 2.69. The number of ether oxygens (including phenoxy) is 1. The van der Waals surface area contributed by atoms with E-state index in [0.29, 0.717) is 12.1 Å². The third-order valence-corrected chi connectivity index (χ3v) is 3.79. The lowest BCUT2D eigenvalue weighted by Crippen LogP contribution is -2.39. The van der Waals surface area contributed by atoms with Gasteiger partial charge >= 0.3 is 0 Å². The summed E-state index contributed by atoms with van der Waals surface area (Å²) >= 11 is 0. The normalized spacial score (nSPS) is 27.2. The van der Waals surface area contributed by atoms with Crippen molar-refractivity contribution >= 4 is 0 Å². The quantitative estimate of drug-likeness (QED) is 0.642. The maximum Gasteiger partial charge on any atom is 0.0590 e. The van der Waals surface area contributed by atoms with Gasteiger partial charge in [-0.2, -0.15) is 0 Å². The summed E-state index contributed by atoms with van der Waals surface area (Å²) in [5.74, 6) is 0.738. The topological polar surface area (TPSA) is 21.3 Å². The molecule has 0 radical (unpaired) electrons. The number of rotatable bonds is 8. The van der Waals surface area contributed by atoms with Crippen molar-refractivity contribution in [2.45, 2.75) is 71.4 Å². The maximum atomic E-state index is 5.68. The van der Waals surface area contributed by atoms with Gasteiger partial charge in [0, 0.05) is 18.6 Å². The first-order valence-corrected chi connectivity index (χ1v) is 7.14. The summed E-state index contributed by atoms with van der Waals surface area (Å²) in [6.07, 6.45) is 8.49. The van der Waals surface area contributed by atoms with Gasteiger partial charge in [0.2, 0.25) is 0 Å². The minimum absolute atomic E-state index is 0.454. The summed E-state index contributed by atoms with van der Waals surface area (Å²) < 4.78 is 5.68. The Kier molecular flexibility index (Phi) is 7.06. The molecular formula is C14H29NO. The molecule has 1 saturated heterocycles. The molecule has 96 valence electrons. The molecule has 1 N–H and O–H groups in total. The fourth-order valence-corrected chi connectivity index (χ4v) is 2.80. The zero-order chi connectivity index (χ0) is 11.8. The highest BCUT2D eigenvalue weighted by molar-refractivity contribution is 4.84. The van der Waals surface area contributed by atoms with Crippen molar-refractivity contribution in [1.29, 1.82) is 0 Å². The van der Waals surface area contributed by atoms with Gasteiger partial charge in [-0.3, -0.25) is 0 Å². The van der Waals surface area contributed by atoms with Crippen molar-refractivity contribution in [3.05, 3.63) is 0 Å². The van der Waals surface area contributed by atoms with Gasteiger partial charge in [0.25, 0.3) is 0 Å². The van der Waals surface area contributed by atoms with Crippen molar-refractivity contribution in [2.24, 2.45) is 5.92 Å². The molecule has 0 saturated carbocycles.